The minimum Gasteiger partial charge on any atom is -0.455 e. The zero-order chi connectivity index (χ0) is 44.0. The molecule has 0 saturated carbocycles. The fourth-order valence-electron chi connectivity index (χ4n) is 5.73. The van der Waals surface area contributed by atoms with Crippen LogP contribution >= 0.6 is 0 Å². The van der Waals surface area contributed by atoms with E-state index in [0.717, 1.165) is 0 Å². The Bertz CT molecular complexity index is 3450. The zero-order valence-electron chi connectivity index (χ0n) is 40.0. The molecule has 0 aliphatic heterocycles. The van der Waals surface area contributed by atoms with Crippen LogP contribution in [0.1, 0.15) is 24.7 Å². The molecule has 0 bridgehead atoms. The van der Waals surface area contributed by atoms with Gasteiger partial charge in [-0.25, -0.2) is 0 Å². The van der Waals surface area contributed by atoms with Crippen LogP contribution < -0.4 is 0 Å². The number of hydrogen-bond donors (Lipinski definition) is 0. The molecule has 0 aliphatic carbocycles. The second-order valence-electron chi connectivity index (χ2n) is 9.90. The Morgan fingerprint density at radius 2 is 1.07 bits per heavy atom. The van der Waals surface area contributed by atoms with Gasteiger partial charge in [0.25, 0.3) is 0 Å². The van der Waals surface area contributed by atoms with Crippen molar-refractivity contribution in [2.75, 3.05) is 0 Å². The van der Waals surface area contributed by atoms with Crippen molar-refractivity contribution in [2.45, 2.75) is 0 Å². The van der Waals surface area contributed by atoms with Crippen molar-refractivity contribution >= 4 is 54.3 Å². The lowest BCUT2D eigenvalue weighted by atomic mass is 9.85. The number of hydrogen-bond acceptors (Lipinski definition) is 1. The second kappa shape index (κ2) is 9.44. The first-order valence-electron chi connectivity index (χ1n) is 22.3. The lowest BCUT2D eigenvalue weighted by Gasteiger charge is -2.18. The van der Waals surface area contributed by atoms with Crippen LogP contribution in [0, 0.1) is 0 Å². The summed E-state index contributed by atoms with van der Waals surface area (Å²) >= 11 is 0. The quantitative estimate of drug-likeness (QED) is 0.195. The van der Waals surface area contributed by atoms with Gasteiger partial charge >= 0.3 is 0 Å². The monoisotopic (exact) mass is 564 g/mol. The van der Waals surface area contributed by atoms with E-state index in [-0.39, 0.29) is 101 Å². The van der Waals surface area contributed by atoms with Crippen molar-refractivity contribution in [3.8, 4) is 33.4 Å². The molecule has 43 heavy (non-hydrogen) atoms. The van der Waals surface area contributed by atoms with E-state index in [1.807, 2.05) is 0 Å². The van der Waals surface area contributed by atoms with E-state index in [2.05, 4.69) is 0 Å². The summed E-state index contributed by atoms with van der Waals surface area (Å²) in [6.45, 7) is 0. The second-order valence-corrected chi connectivity index (χ2v) is 9.90. The third-order valence-corrected chi connectivity index (χ3v) is 7.57. The molecular weight excluding hydrogens is 520 g/mol. The molecule has 0 saturated heterocycles. The first kappa shape index (κ1) is 12.3. The van der Waals surface area contributed by atoms with Crippen molar-refractivity contribution in [1.29, 1.82) is 0 Å². The highest BCUT2D eigenvalue weighted by atomic mass is 16.3. The van der Waals surface area contributed by atoms with Crippen LogP contribution in [0.2, 0.25) is 0 Å². The van der Waals surface area contributed by atoms with Gasteiger partial charge in [0.05, 0.1) is 24.7 Å². The lowest BCUT2D eigenvalue weighted by molar-refractivity contribution is 0.670. The molecule has 9 rings (SSSR count). The standard InChI is InChI=1S/C42H26O/c1-2-12-28-25-31(24-23-27(28)11-1)41-36-18-5-3-16-34(36)40(35-17-4-6-19-37(35)41)30-14-9-13-29(26-30)32-20-10-21-38-33-15-7-8-22-39(33)43-42(32)38/h1-26H/i1D,2D,3D,4D,5D,6D,7D,8D,10D,11D,12D,15D,20D,21D,22D,23D,24D,25D. The summed E-state index contributed by atoms with van der Waals surface area (Å²) in [5, 5.41) is 0.0710. The summed E-state index contributed by atoms with van der Waals surface area (Å²) in [4.78, 5) is 0. The Hall–Kier alpha value is -5.66. The molecule has 0 radical (unpaired) electrons. The van der Waals surface area contributed by atoms with E-state index in [0.29, 0.717) is 11.1 Å². The van der Waals surface area contributed by atoms with Gasteiger partial charge < -0.3 is 4.42 Å². The summed E-state index contributed by atoms with van der Waals surface area (Å²) in [5.74, 6) is 0. The lowest BCUT2D eigenvalue weighted by Crippen LogP contribution is -1.91. The largest absolute Gasteiger partial charge is 0.455 e. The number of furan rings is 1. The molecular formula is C42H26O. The van der Waals surface area contributed by atoms with Crippen molar-refractivity contribution in [1.82, 2.24) is 0 Å². The molecule has 0 N–H and O–H groups in total. The zero-order valence-corrected chi connectivity index (χ0v) is 22.0. The van der Waals surface area contributed by atoms with E-state index in [1.54, 1.807) is 24.3 Å². The van der Waals surface area contributed by atoms with Gasteiger partial charge in [-0.05, 0) is 78.3 Å². The average molecular weight is 565 g/mol. The van der Waals surface area contributed by atoms with E-state index in [9.17, 15) is 2.74 Å². The topological polar surface area (TPSA) is 13.1 Å². The van der Waals surface area contributed by atoms with Crippen LogP contribution in [0.15, 0.2) is 162 Å². The van der Waals surface area contributed by atoms with Crippen molar-refractivity contribution in [3.63, 3.8) is 0 Å². The predicted octanol–water partition coefficient (Wildman–Crippen LogP) is 12.0. The van der Waals surface area contributed by atoms with Crippen LogP contribution in [-0.4, -0.2) is 0 Å². The third kappa shape index (κ3) is 3.72. The van der Waals surface area contributed by atoms with Crippen LogP contribution in [-0.2, 0) is 0 Å². The van der Waals surface area contributed by atoms with Crippen molar-refractivity contribution in [2.24, 2.45) is 0 Å². The first-order chi connectivity index (χ1) is 28.8. The molecule has 1 aromatic heterocycles. The minimum atomic E-state index is -0.646. The maximum absolute atomic E-state index is 9.39. The summed E-state index contributed by atoms with van der Waals surface area (Å²) in [6.07, 6.45) is 0. The van der Waals surface area contributed by atoms with Crippen molar-refractivity contribution in [3.05, 3.63) is 157 Å². The molecule has 8 aromatic carbocycles. The van der Waals surface area contributed by atoms with Gasteiger partial charge in [-0.3, -0.25) is 0 Å². The molecule has 0 fully saturated rings. The van der Waals surface area contributed by atoms with Gasteiger partial charge in [0.1, 0.15) is 11.2 Å². The highest BCUT2D eigenvalue weighted by Gasteiger charge is 2.18. The molecule has 1 heteroatoms. The number of para-hydroxylation sites is 2. The van der Waals surface area contributed by atoms with E-state index < -0.39 is 84.6 Å². The molecule has 0 amide bonds. The maximum atomic E-state index is 9.39. The van der Waals surface area contributed by atoms with Gasteiger partial charge in [0, 0.05) is 16.3 Å². The first-order valence-corrected chi connectivity index (χ1v) is 13.3. The highest BCUT2D eigenvalue weighted by Crippen LogP contribution is 2.45. The van der Waals surface area contributed by atoms with E-state index in [4.69, 9.17) is 26.3 Å². The summed E-state index contributed by atoms with van der Waals surface area (Å²) in [7, 11) is 0. The minimum absolute atomic E-state index is 0.00166. The molecule has 0 aliphatic rings. The predicted molar refractivity (Wildman–Crippen MR) is 183 cm³/mol. The fourth-order valence-corrected chi connectivity index (χ4v) is 5.73. The average Bonchev–Trinajstić information content (AvgIpc) is 3.63. The van der Waals surface area contributed by atoms with Gasteiger partial charge in [-0.15, -0.1) is 0 Å². The third-order valence-electron chi connectivity index (χ3n) is 7.57. The fraction of sp³-hybridized carbons (Fsp3) is 0. The number of benzene rings is 8. The van der Waals surface area contributed by atoms with Crippen LogP contribution in [0.3, 0.4) is 0 Å². The van der Waals surface area contributed by atoms with Gasteiger partial charge in [0.15, 0.2) is 0 Å². The Kier molecular flexibility index (Phi) is 2.70. The van der Waals surface area contributed by atoms with E-state index >= 15 is 0 Å². The normalized spacial score (nSPS) is 17.6. The Morgan fingerprint density at radius 3 is 1.84 bits per heavy atom. The molecule has 1 heterocycles. The molecule has 1 nitrogen and oxygen atoms in total. The summed E-state index contributed by atoms with van der Waals surface area (Å²) in [5.41, 5.74) is 0.445. The highest BCUT2D eigenvalue weighted by molar-refractivity contribution is 6.22. The maximum Gasteiger partial charge on any atom is 0.143 e. The smallest absolute Gasteiger partial charge is 0.143 e. The molecule has 9 aromatic rings. The Morgan fingerprint density at radius 1 is 0.442 bits per heavy atom. The van der Waals surface area contributed by atoms with Crippen LogP contribution in [0.5, 0.6) is 0 Å². The molecule has 0 unspecified atom stereocenters. The van der Waals surface area contributed by atoms with Gasteiger partial charge in [-0.2, -0.15) is 0 Å². The van der Waals surface area contributed by atoms with Gasteiger partial charge in [-0.1, -0.05) is 139 Å². The summed E-state index contributed by atoms with van der Waals surface area (Å²) < 4.78 is 162. The molecule has 0 spiro atoms. The molecule has 200 valence electrons. The van der Waals surface area contributed by atoms with E-state index in [1.165, 1.54) is 24.3 Å². The Balaban J connectivity index is 1.43. The van der Waals surface area contributed by atoms with Crippen LogP contribution in [0.4, 0.5) is 0 Å². The summed E-state index contributed by atoms with van der Waals surface area (Å²) in [6, 6.07) is 3.30. The molecule has 0 atom stereocenters. The van der Waals surface area contributed by atoms with Crippen LogP contribution in [0.25, 0.3) is 87.6 Å². The van der Waals surface area contributed by atoms with Crippen molar-refractivity contribution < 1.29 is 29.1 Å². The number of fused-ring (bicyclic) bond motifs is 6. The number of rotatable bonds is 3. The Labute approximate surface area is 274 Å². The van der Waals surface area contributed by atoms with Gasteiger partial charge in [0.2, 0.25) is 0 Å². The SMILES string of the molecule is [2H]c1cc2c(-c3cccc(-c4c([2H])c([2H])c([2H])c5c4oc4c([2H])c([2H])c([2H])c([2H])c45)c3)c3cc([2H])c([2H])cc3c(-c3c([2H])c([2H])c4c([2H])c([2H])c([2H])c([2H])c4c3[2H])c2cc1[2H].